The second-order valence-electron chi connectivity index (χ2n) is 15.5. The molecule has 6 atom stereocenters. The van der Waals surface area contributed by atoms with Gasteiger partial charge in [-0.1, -0.05) is 59.8 Å². The standard InChI is InChI=1S/C36H53N7O6/c1-5-10-25(29(44)34(48)39-23-15-16-23)40-33(47)28-24-14-9-13-22(24)20-43(28)35(49)30(36(2,3)4)42-32(46)27(21-11-7-6-8-12-21)41-31(45)26-19-37-17-18-38-26/h17-19,21-25,27-28,30H,5-16,20H2,1-4H3,(H,39,48)(H,40,47)(H,41,45)(H,42,46)/t22-,24+,25+,27+,28?,30+/m1/s1. The molecule has 13 heteroatoms. The summed E-state index contributed by atoms with van der Waals surface area (Å²) >= 11 is 0. The van der Waals surface area contributed by atoms with E-state index in [9.17, 15) is 28.8 Å². The van der Waals surface area contributed by atoms with Gasteiger partial charge in [-0.05, 0) is 68.1 Å². The van der Waals surface area contributed by atoms with Crippen molar-refractivity contribution in [2.24, 2.45) is 23.2 Å². The van der Waals surface area contributed by atoms with Crippen molar-refractivity contribution in [3.8, 4) is 0 Å². The number of carbonyl (C=O) groups excluding carboxylic acids is 6. The number of Topliss-reactive ketones (excluding diaryl/α,β-unsaturated/α-hetero) is 1. The monoisotopic (exact) mass is 679 g/mol. The van der Waals surface area contributed by atoms with Gasteiger partial charge in [0.25, 0.3) is 11.8 Å². The van der Waals surface area contributed by atoms with Crippen molar-refractivity contribution >= 4 is 35.3 Å². The molecular weight excluding hydrogens is 626 g/mol. The molecule has 4 fully saturated rings. The zero-order chi connectivity index (χ0) is 35.3. The van der Waals surface area contributed by atoms with Crippen LogP contribution in [0.2, 0.25) is 0 Å². The average Bonchev–Trinajstić information content (AvgIpc) is 3.65. The molecule has 13 nitrogen and oxygen atoms in total. The number of nitrogens with zero attached hydrogens (tertiary/aromatic N) is 3. The molecule has 1 unspecified atom stereocenters. The van der Waals surface area contributed by atoms with E-state index in [1.54, 1.807) is 4.90 Å². The van der Waals surface area contributed by atoms with Crippen molar-refractivity contribution in [2.75, 3.05) is 6.54 Å². The Kier molecular flexibility index (Phi) is 11.7. The van der Waals surface area contributed by atoms with Gasteiger partial charge in [0.15, 0.2) is 0 Å². The summed E-state index contributed by atoms with van der Waals surface area (Å²) in [7, 11) is 0. The number of carbonyl (C=O) groups is 6. The third-order valence-corrected chi connectivity index (χ3v) is 10.7. The fourth-order valence-corrected chi connectivity index (χ4v) is 7.87. The zero-order valence-corrected chi connectivity index (χ0v) is 29.3. The van der Waals surface area contributed by atoms with Crippen LogP contribution in [0, 0.1) is 23.2 Å². The molecular formula is C36H53N7O6. The lowest BCUT2D eigenvalue weighted by Gasteiger charge is -2.38. The van der Waals surface area contributed by atoms with Crippen LogP contribution in [0.4, 0.5) is 0 Å². The second-order valence-corrected chi connectivity index (χ2v) is 15.5. The molecule has 4 aliphatic rings. The lowest BCUT2D eigenvalue weighted by molar-refractivity contribution is -0.146. The second kappa shape index (κ2) is 15.8. The number of ketones is 1. The summed E-state index contributed by atoms with van der Waals surface area (Å²) in [6, 6.07) is -3.68. The molecule has 5 amide bonds. The van der Waals surface area contributed by atoms with Crippen LogP contribution < -0.4 is 21.3 Å². The Bertz CT molecular complexity index is 1390. The quantitative estimate of drug-likeness (QED) is 0.230. The lowest BCUT2D eigenvalue weighted by atomic mass is 9.82. The molecule has 3 saturated carbocycles. The highest BCUT2D eigenvalue weighted by atomic mass is 16.2. The minimum absolute atomic E-state index is 0.0132. The van der Waals surface area contributed by atoms with Crippen LogP contribution in [0.25, 0.3) is 0 Å². The van der Waals surface area contributed by atoms with Gasteiger partial charge in [-0.2, -0.15) is 0 Å². The number of hydrogen-bond acceptors (Lipinski definition) is 8. The molecule has 0 bridgehead atoms. The first-order valence-electron chi connectivity index (χ1n) is 18.2. The molecule has 268 valence electrons. The Morgan fingerprint density at radius 3 is 2.27 bits per heavy atom. The summed E-state index contributed by atoms with van der Waals surface area (Å²) < 4.78 is 0. The smallest absolute Gasteiger partial charge is 0.289 e. The molecule has 3 aliphatic carbocycles. The summed E-state index contributed by atoms with van der Waals surface area (Å²) in [5.74, 6) is -3.20. The normalized spacial score (nSPS) is 24.2. The van der Waals surface area contributed by atoms with E-state index in [1.807, 2.05) is 27.7 Å². The number of fused-ring (bicyclic) bond motifs is 1. The van der Waals surface area contributed by atoms with E-state index in [1.165, 1.54) is 18.6 Å². The Hall–Kier alpha value is -3.90. The van der Waals surface area contributed by atoms with Gasteiger partial charge in [0.2, 0.25) is 23.5 Å². The molecule has 1 aromatic heterocycles. The molecule has 2 heterocycles. The number of likely N-dealkylation sites (tertiary alicyclic amines) is 1. The highest BCUT2D eigenvalue weighted by Gasteiger charge is 2.52. The fraction of sp³-hybridized carbons (Fsp3) is 0.722. The molecule has 1 aliphatic heterocycles. The third kappa shape index (κ3) is 8.83. The summed E-state index contributed by atoms with van der Waals surface area (Å²) in [6.07, 6.45) is 13.9. The molecule has 49 heavy (non-hydrogen) atoms. The topological polar surface area (TPSA) is 180 Å². The molecule has 1 aromatic rings. The van der Waals surface area contributed by atoms with Gasteiger partial charge in [-0.25, -0.2) is 4.98 Å². The van der Waals surface area contributed by atoms with E-state index in [-0.39, 0.29) is 35.4 Å². The maximum atomic E-state index is 14.6. The summed E-state index contributed by atoms with van der Waals surface area (Å²) in [5, 5.41) is 11.5. The van der Waals surface area contributed by atoms with Gasteiger partial charge in [-0.3, -0.25) is 33.8 Å². The highest BCUT2D eigenvalue weighted by Crippen LogP contribution is 2.43. The van der Waals surface area contributed by atoms with E-state index in [0.717, 1.165) is 64.2 Å². The van der Waals surface area contributed by atoms with Gasteiger partial charge in [0.05, 0.1) is 12.2 Å². The van der Waals surface area contributed by atoms with Crippen molar-refractivity contribution in [3.63, 3.8) is 0 Å². The van der Waals surface area contributed by atoms with Crippen LogP contribution in [0.5, 0.6) is 0 Å². The van der Waals surface area contributed by atoms with E-state index in [4.69, 9.17) is 0 Å². The highest BCUT2D eigenvalue weighted by molar-refractivity contribution is 6.38. The number of amides is 5. The number of rotatable bonds is 13. The van der Waals surface area contributed by atoms with Crippen molar-refractivity contribution in [1.29, 1.82) is 0 Å². The largest absolute Gasteiger partial charge is 0.347 e. The van der Waals surface area contributed by atoms with Crippen molar-refractivity contribution in [3.05, 3.63) is 24.3 Å². The Balaban J connectivity index is 1.36. The predicted molar refractivity (Wildman–Crippen MR) is 181 cm³/mol. The Morgan fingerprint density at radius 2 is 1.63 bits per heavy atom. The van der Waals surface area contributed by atoms with Gasteiger partial charge >= 0.3 is 0 Å². The van der Waals surface area contributed by atoms with Crippen molar-refractivity contribution < 1.29 is 28.8 Å². The van der Waals surface area contributed by atoms with Crippen LogP contribution >= 0.6 is 0 Å². The van der Waals surface area contributed by atoms with Crippen molar-refractivity contribution in [2.45, 2.75) is 135 Å². The van der Waals surface area contributed by atoms with E-state index < -0.39 is 59.0 Å². The van der Waals surface area contributed by atoms with Gasteiger partial charge in [0, 0.05) is 25.0 Å². The minimum Gasteiger partial charge on any atom is -0.347 e. The molecule has 5 rings (SSSR count). The van der Waals surface area contributed by atoms with Gasteiger partial charge in [0.1, 0.15) is 23.8 Å². The Morgan fingerprint density at radius 1 is 0.898 bits per heavy atom. The average molecular weight is 680 g/mol. The molecule has 1 saturated heterocycles. The summed E-state index contributed by atoms with van der Waals surface area (Å²) in [6.45, 7) is 7.85. The molecule has 0 radical (unpaired) electrons. The fourth-order valence-electron chi connectivity index (χ4n) is 7.87. The van der Waals surface area contributed by atoms with Gasteiger partial charge in [-0.15, -0.1) is 0 Å². The lowest BCUT2D eigenvalue weighted by Crippen LogP contribution is -2.62. The summed E-state index contributed by atoms with van der Waals surface area (Å²) in [4.78, 5) is 91.4. The Labute approximate surface area is 288 Å². The maximum absolute atomic E-state index is 14.6. The molecule has 0 spiro atoms. The van der Waals surface area contributed by atoms with Crippen LogP contribution in [0.15, 0.2) is 18.6 Å². The summed E-state index contributed by atoms with van der Waals surface area (Å²) in [5.41, 5.74) is -0.638. The predicted octanol–water partition coefficient (Wildman–Crippen LogP) is 2.45. The van der Waals surface area contributed by atoms with Crippen LogP contribution in [0.1, 0.15) is 115 Å². The minimum atomic E-state index is -0.994. The third-order valence-electron chi connectivity index (χ3n) is 10.7. The number of hydrogen-bond donors (Lipinski definition) is 4. The zero-order valence-electron chi connectivity index (χ0n) is 29.3. The first kappa shape index (κ1) is 36.4. The van der Waals surface area contributed by atoms with E-state index in [2.05, 4.69) is 31.2 Å². The molecule has 4 N–H and O–H groups in total. The van der Waals surface area contributed by atoms with Crippen LogP contribution in [-0.4, -0.2) is 86.9 Å². The van der Waals surface area contributed by atoms with Crippen LogP contribution in [0.3, 0.4) is 0 Å². The molecule has 0 aromatic carbocycles. The number of aromatic nitrogens is 2. The van der Waals surface area contributed by atoms with Gasteiger partial charge < -0.3 is 26.2 Å². The SMILES string of the molecule is CCC[C@H](NC(=O)C1[C@H]2CCC[C@@H]2CN1C(=O)[C@H](NC(=O)[C@@H](NC(=O)c1cnccn1)C1CCCCC1)C(C)(C)C)C(=O)C(=O)NC1CC1. The van der Waals surface area contributed by atoms with Crippen LogP contribution in [-0.2, 0) is 24.0 Å². The maximum Gasteiger partial charge on any atom is 0.289 e. The first-order valence-corrected chi connectivity index (χ1v) is 18.2. The number of nitrogens with one attached hydrogen (secondary N) is 4. The van der Waals surface area contributed by atoms with E-state index >= 15 is 0 Å². The van der Waals surface area contributed by atoms with E-state index in [0.29, 0.717) is 19.4 Å². The first-order chi connectivity index (χ1) is 23.4. The van der Waals surface area contributed by atoms with Crippen molar-refractivity contribution in [1.82, 2.24) is 36.1 Å².